The lowest BCUT2D eigenvalue weighted by molar-refractivity contribution is 1.20. The molecule has 0 aliphatic rings. The van der Waals surface area contributed by atoms with Gasteiger partial charge in [-0.15, -0.1) is 0 Å². The fourth-order valence-corrected chi connectivity index (χ4v) is 1.65. The van der Waals surface area contributed by atoms with E-state index in [-0.39, 0.29) is 0 Å². The van der Waals surface area contributed by atoms with Gasteiger partial charge in [0.05, 0.1) is 11.4 Å². The minimum absolute atomic E-state index is 0.793. The highest BCUT2D eigenvalue weighted by atomic mass is 15.1. The molecule has 0 bridgehead atoms. The Morgan fingerprint density at radius 1 is 0.833 bits per heavy atom. The van der Waals surface area contributed by atoms with Crippen LogP contribution in [0.2, 0.25) is 0 Å². The van der Waals surface area contributed by atoms with Crippen LogP contribution in [0.3, 0.4) is 0 Å². The Morgan fingerprint density at radius 3 is 2.17 bits per heavy atom. The molecule has 0 spiro atoms. The molecule has 0 unspecified atom stereocenters. The monoisotopic (exact) mass is 239 g/mol. The number of hydrogen-bond acceptors (Lipinski definition) is 3. The predicted molar refractivity (Wildman–Crippen MR) is 75.7 cm³/mol. The number of aryl methyl sites for hydroxylation is 3. The van der Waals surface area contributed by atoms with Crippen molar-refractivity contribution in [1.29, 1.82) is 0 Å². The second-order valence-corrected chi connectivity index (χ2v) is 4.53. The van der Waals surface area contributed by atoms with Crippen LogP contribution >= 0.6 is 0 Å². The van der Waals surface area contributed by atoms with E-state index >= 15 is 0 Å². The second-order valence-electron chi connectivity index (χ2n) is 4.53. The third kappa shape index (κ3) is 2.74. The van der Waals surface area contributed by atoms with E-state index in [2.05, 4.69) is 17.2 Å². The number of rotatable bonds is 2. The molecule has 0 radical (unpaired) electrons. The van der Waals surface area contributed by atoms with E-state index in [1.54, 1.807) is 0 Å². The maximum atomic E-state index is 5.84. The molecule has 3 heteroatoms. The van der Waals surface area contributed by atoms with Crippen LogP contribution in [0, 0.1) is 20.8 Å². The quantitative estimate of drug-likeness (QED) is 0.603. The highest BCUT2D eigenvalue weighted by Gasteiger charge is 2.01. The van der Waals surface area contributed by atoms with E-state index in [4.69, 9.17) is 5.73 Å². The smallest absolute Gasteiger partial charge is 0.0890 e. The van der Waals surface area contributed by atoms with Crippen LogP contribution in [0.5, 0.6) is 0 Å². The molecule has 18 heavy (non-hydrogen) atoms. The fraction of sp³-hybridized carbons (Fsp3) is 0.200. The van der Waals surface area contributed by atoms with Crippen molar-refractivity contribution < 1.29 is 0 Å². The van der Waals surface area contributed by atoms with E-state index < -0.39 is 0 Å². The minimum Gasteiger partial charge on any atom is -0.399 e. The van der Waals surface area contributed by atoms with Gasteiger partial charge < -0.3 is 5.73 Å². The largest absolute Gasteiger partial charge is 0.399 e. The molecule has 92 valence electrons. The lowest BCUT2D eigenvalue weighted by Crippen LogP contribution is -1.89. The Bertz CT molecular complexity index is 583. The zero-order chi connectivity index (χ0) is 13.1. The maximum absolute atomic E-state index is 5.84. The zero-order valence-corrected chi connectivity index (χ0v) is 10.9. The highest BCUT2D eigenvalue weighted by molar-refractivity contribution is 5.59. The molecule has 0 saturated carbocycles. The molecule has 0 aromatic heterocycles. The number of anilines is 1. The summed E-state index contributed by atoms with van der Waals surface area (Å²) in [7, 11) is 0. The first kappa shape index (κ1) is 12.3. The van der Waals surface area contributed by atoms with Gasteiger partial charge in [0, 0.05) is 5.69 Å². The average molecular weight is 239 g/mol. The van der Waals surface area contributed by atoms with Crippen LogP contribution in [0.4, 0.5) is 17.1 Å². The van der Waals surface area contributed by atoms with Crippen molar-refractivity contribution >= 4 is 17.1 Å². The standard InChI is InChI=1S/C15H17N3/c1-10-4-6-13(7-5-10)17-18-15-9-11(2)14(16)8-12(15)3/h4-9H,16H2,1-3H3/b18-17+. The molecule has 0 heterocycles. The Balaban J connectivity index is 2.28. The van der Waals surface area contributed by atoms with Gasteiger partial charge in [0.2, 0.25) is 0 Å². The van der Waals surface area contributed by atoms with Gasteiger partial charge in [-0.1, -0.05) is 17.7 Å². The first-order valence-corrected chi connectivity index (χ1v) is 5.91. The number of benzene rings is 2. The zero-order valence-electron chi connectivity index (χ0n) is 10.9. The summed E-state index contributed by atoms with van der Waals surface area (Å²) in [6, 6.07) is 11.8. The van der Waals surface area contributed by atoms with Crippen LogP contribution in [-0.2, 0) is 0 Å². The van der Waals surface area contributed by atoms with E-state index in [0.29, 0.717) is 0 Å². The Kier molecular flexibility index (Phi) is 3.42. The van der Waals surface area contributed by atoms with Crippen molar-refractivity contribution in [3.8, 4) is 0 Å². The Hall–Kier alpha value is -2.16. The molecule has 3 nitrogen and oxygen atoms in total. The van der Waals surface area contributed by atoms with Gasteiger partial charge >= 0.3 is 0 Å². The number of azo groups is 1. The van der Waals surface area contributed by atoms with Gasteiger partial charge in [-0.05, 0) is 56.2 Å². The number of nitrogens with two attached hydrogens (primary N) is 1. The van der Waals surface area contributed by atoms with E-state index in [1.807, 2.05) is 50.2 Å². The summed E-state index contributed by atoms with van der Waals surface area (Å²) >= 11 is 0. The van der Waals surface area contributed by atoms with Gasteiger partial charge in [0.15, 0.2) is 0 Å². The third-order valence-corrected chi connectivity index (χ3v) is 2.89. The molecular formula is C15H17N3. The van der Waals surface area contributed by atoms with E-state index in [1.165, 1.54) is 5.56 Å². The third-order valence-electron chi connectivity index (χ3n) is 2.89. The average Bonchev–Trinajstić information content (AvgIpc) is 2.34. The van der Waals surface area contributed by atoms with Crippen LogP contribution in [-0.4, -0.2) is 0 Å². The van der Waals surface area contributed by atoms with Gasteiger partial charge in [-0.3, -0.25) is 0 Å². The van der Waals surface area contributed by atoms with Crippen LogP contribution in [0.25, 0.3) is 0 Å². The van der Waals surface area contributed by atoms with Gasteiger partial charge in [0.25, 0.3) is 0 Å². The van der Waals surface area contributed by atoms with E-state index in [9.17, 15) is 0 Å². The molecule has 0 aliphatic heterocycles. The van der Waals surface area contributed by atoms with Crippen molar-refractivity contribution in [3.05, 3.63) is 53.1 Å². The van der Waals surface area contributed by atoms with Crippen LogP contribution in [0.15, 0.2) is 46.6 Å². The van der Waals surface area contributed by atoms with Crippen molar-refractivity contribution in [1.82, 2.24) is 0 Å². The molecule has 2 aromatic rings. The van der Waals surface area contributed by atoms with Crippen molar-refractivity contribution in [3.63, 3.8) is 0 Å². The summed E-state index contributed by atoms with van der Waals surface area (Å²) in [5.41, 5.74) is 11.6. The SMILES string of the molecule is Cc1ccc(/N=N/c2cc(C)c(N)cc2C)cc1. The summed E-state index contributed by atoms with van der Waals surface area (Å²) in [6.07, 6.45) is 0. The molecule has 0 atom stereocenters. The molecule has 0 saturated heterocycles. The summed E-state index contributed by atoms with van der Waals surface area (Å²) in [6.45, 7) is 6.01. The van der Waals surface area contributed by atoms with Gasteiger partial charge in [0.1, 0.15) is 0 Å². The summed E-state index contributed by atoms with van der Waals surface area (Å²) in [5.74, 6) is 0. The highest BCUT2D eigenvalue weighted by Crippen LogP contribution is 2.26. The lowest BCUT2D eigenvalue weighted by Gasteiger charge is -2.04. The van der Waals surface area contributed by atoms with Crippen LogP contribution in [0.1, 0.15) is 16.7 Å². The predicted octanol–water partition coefficient (Wildman–Crippen LogP) is 4.61. The van der Waals surface area contributed by atoms with Gasteiger partial charge in [-0.25, -0.2) is 0 Å². The molecule has 0 fully saturated rings. The minimum atomic E-state index is 0.793. The topological polar surface area (TPSA) is 50.7 Å². The summed E-state index contributed by atoms with van der Waals surface area (Å²) in [4.78, 5) is 0. The fourth-order valence-electron chi connectivity index (χ4n) is 1.65. The van der Waals surface area contributed by atoms with Crippen molar-refractivity contribution in [2.75, 3.05) is 5.73 Å². The second kappa shape index (κ2) is 5.00. The molecule has 2 rings (SSSR count). The van der Waals surface area contributed by atoms with Crippen molar-refractivity contribution in [2.45, 2.75) is 20.8 Å². The molecule has 0 amide bonds. The maximum Gasteiger partial charge on any atom is 0.0890 e. The number of nitrogens with zero attached hydrogens (tertiary/aromatic N) is 2. The van der Waals surface area contributed by atoms with Crippen LogP contribution < -0.4 is 5.73 Å². The van der Waals surface area contributed by atoms with E-state index in [0.717, 1.165) is 28.2 Å². The first-order chi connectivity index (χ1) is 8.56. The molecular weight excluding hydrogens is 222 g/mol. The number of nitrogen functional groups attached to an aromatic ring is 1. The molecule has 2 N–H and O–H groups in total. The molecule has 0 aliphatic carbocycles. The Morgan fingerprint density at radius 2 is 1.50 bits per heavy atom. The first-order valence-electron chi connectivity index (χ1n) is 5.91. The summed E-state index contributed by atoms with van der Waals surface area (Å²) in [5, 5.41) is 8.51. The summed E-state index contributed by atoms with van der Waals surface area (Å²) < 4.78 is 0. The molecule has 2 aromatic carbocycles. The Labute approximate surface area is 107 Å². The van der Waals surface area contributed by atoms with Gasteiger partial charge in [-0.2, -0.15) is 10.2 Å². The normalized spacial score (nSPS) is 11.1. The lowest BCUT2D eigenvalue weighted by atomic mass is 10.1. The number of hydrogen-bond donors (Lipinski definition) is 1. The van der Waals surface area contributed by atoms with Crippen molar-refractivity contribution in [2.24, 2.45) is 10.2 Å².